The van der Waals surface area contributed by atoms with Crippen molar-refractivity contribution in [2.45, 2.75) is 32.8 Å². The lowest BCUT2D eigenvalue weighted by Gasteiger charge is -2.09. The molecule has 0 amide bonds. The number of hydrogen-bond donors (Lipinski definition) is 2. The number of halogens is 2. The number of nitrogens with zero attached hydrogens (tertiary/aromatic N) is 2. The predicted octanol–water partition coefficient (Wildman–Crippen LogP) is 4.52. The molecule has 0 saturated heterocycles. The maximum atomic E-state index is 13.7. The van der Waals surface area contributed by atoms with E-state index in [1.54, 1.807) is 24.4 Å². The molecule has 6 nitrogen and oxygen atoms in total. The fourth-order valence-electron chi connectivity index (χ4n) is 3.79. The van der Waals surface area contributed by atoms with Crippen molar-refractivity contribution >= 4 is 16.8 Å². The fraction of sp³-hybridized carbons (Fsp3) is 0.227. The number of aryl methyl sites for hydroxylation is 1. The van der Waals surface area contributed by atoms with Gasteiger partial charge < -0.3 is 9.72 Å². The summed E-state index contributed by atoms with van der Waals surface area (Å²) < 4.78 is 32.3. The van der Waals surface area contributed by atoms with E-state index >= 15 is 0 Å². The lowest BCUT2D eigenvalue weighted by Crippen LogP contribution is -2.20. The van der Waals surface area contributed by atoms with Crippen LogP contribution in [0.2, 0.25) is 0 Å². The van der Waals surface area contributed by atoms with Crippen LogP contribution in [0.1, 0.15) is 32.9 Å². The molecular formula is C22H18F2N4O2. The molecule has 30 heavy (non-hydrogen) atoms. The third-order valence-electron chi connectivity index (χ3n) is 5.44. The third-order valence-corrected chi connectivity index (χ3v) is 5.44. The van der Waals surface area contributed by atoms with Crippen LogP contribution >= 0.6 is 0 Å². The Labute approximate surface area is 170 Å². The number of carbonyl (C=O) groups is 1. The van der Waals surface area contributed by atoms with Crippen LogP contribution in [0.3, 0.4) is 0 Å². The van der Waals surface area contributed by atoms with E-state index in [0.29, 0.717) is 28.2 Å². The minimum absolute atomic E-state index is 0.0923. The second kappa shape index (κ2) is 6.48. The van der Waals surface area contributed by atoms with Gasteiger partial charge in [-0.15, -0.1) is 0 Å². The fourth-order valence-corrected chi connectivity index (χ4v) is 3.79. The number of para-hydroxylation sites is 1. The molecule has 0 saturated carbocycles. The molecule has 0 atom stereocenters. The van der Waals surface area contributed by atoms with Crippen molar-refractivity contribution in [2.24, 2.45) is 0 Å². The number of alkyl halides is 2. The maximum absolute atomic E-state index is 13.7. The van der Waals surface area contributed by atoms with E-state index in [1.165, 1.54) is 0 Å². The number of Topliss-reactive ketones (excluding diaryl/α,β-unsaturated/α-hetero) is 1. The van der Waals surface area contributed by atoms with E-state index in [4.69, 9.17) is 4.74 Å². The van der Waals surface area contributed by atoms with Gasteiger partial charge in [0.25, 0.3) is 0 Å². The summed E-state index contributed by atoms with van der Waals surface area (Å²) in [6.45, 7) is 3.73. The zero-order valence-corrected chi connectivity index (χ0v) is 16.3. The molecule has 8 heteroatoms. The number of ether oxygens (including phenoxy) is 1. The molecule has 0 fully saturated rings. The third kappa shape index (κ3) is 3.04. The molecule has 0 bridgehead atoms. The van der Waals surface area contributed by atoms with Gasteiger partial charge in [0.15, 0.2) is 5.78 Å². The molecule has 2 N–H and O–H groups in total. The molecule has 1 aliphatic heterocycles. The number of nitrogens with one attached hydrogen (secondary N) is 2. The van der Waals surface area contributed by atoms with E-state index < -0.39 is 12.5 Å². The highest BCUT2D eigenvalue weighted by atomic mass is 19.3. The average Bonchev–Trinajstić information content (AvgIpc) is 3.35. The molecule has 0 spiro atoms. The Morgan fingerprint density at radius 3 is 2.87 bits per heavy atom. The van der Waals surface area contributed by atoms with Gasteiger partial charge in [-0.25, -0.2) is 4.98 Å². The number of carbonyl (C=O) groups excluding carboxylic acids is 1. The minimum Gasteiger partial charge on any atom is -0.431 e. The van der Waals surface area contributed by atoms with Gasteiger partial charge in [0.2, 0.25) is 0 Å². The first-order valence-electron chi connectivity index (χ1n) is 9.52. The summed E-state index contributed by atoms with van der Waals surface area (Å²) >= 11 is 0. The van der Waals surface area contributed by atoms with E-state index in [0.717, 1.165) is 22.2 Å². The second-order valence-corrected chi connectivity index (χ2v) is 7.60. The van der Waals surface area contributed by atoms with Crippen molar-refractivity contribution < 1.29 is 18.3 Å². The second-order valence-electron chi connectivity index (χ2n) is 7.60. The van der Waals surface area contributed by atoms with Crippen molar-refractivity contribution in [3.8, 4) is 17.0 Å². The Bertz CT molecular complexity index is 1310. The number of hydrogen-bond acceptors (Lipinski definition) is 4. The van der Waals surface area contributed by atoms with E-state index in [1.807, 2.05) is 26.0 Å². The number of fused-ring (bicyclic) bond motifs is 2. The highest BCUT2D eigenvalue weighted by Gasteiger charge is 2.41. The quantitative estimate of drug-likeness (QED) is 0.486. The highest BCUT2D eigenvalue weighted by Crippen LogP contribution is 2.43. The lowest BCUT2D eigenvalue weighted by molar-refractivity contribution is -0.158. The molecule has 1 aromatic carbocycles. The Morgan fingerprint density at radius 2 is 2.10 bits per heavy atom. The minimum atomic E-state index is -3.20. The Morgan fingerprint density at radius 1 is 1.27 bits per heavy atom. The van der Waals surface area contributed by atoms with Crippen LogP contribution < -0.4 is 4.74 Å². The van der Waals surface area contributed by atoms with E-state index in [2.05, 4.69) is 20.2 Å². The molecule has 1 aliphatic rings. The van der Waals surface area contributed by atoms with Crippen molar-refractivity contribution in [3.63, 3.8) is 0 Å². The molecule has 4 aromatic rings. The first-order chi connectivity index (χ1) is 14.3. The molecule has 5 rings (SSSR count). The number of aromatic amines is 2. The van der Waals surface area contributed by atoms with Gasteiger partial charge in [0.05, 0.1) is 12.1 Å². The van der Waals surface area contributed by atoms with E-state index in [-0.39, 0.29) is 18.0 Å². The summed E-state index contributed by atoms with van der Waals surface area (Å²) in [5.74, 6) is 0.0964. The van der Waals surface area contributed by atoms with Gasteiger partial charge >= 0.3 is 6.11 Å². The largest absolute Gasteiger partial charge is 0.431 e. The van der Waals surface area contributed by atoms with Crippen LogP contribution in [0, 0.1) is 13.8 Å². The molecule has 0 unspecified atom stereocenters. The summed E-state index contributed by atoms with van der Waals surface area (Å²) in [5.41, 5.74) is 5.16. The van der Waals surface area contributed by atoms with Crippen molar-refractivity contribution in [1.29, 1.82) is 0 Å². The van der Waals surface area contributed by atoms with Gasteiger partial charge in [-0.1, -0.05) is 12.1 Å². The number of H-pyrrole nitrogens is 2. The first-order valence-corrected chi connectivity index (χ1v) is 9.52. The maximum Gasteiger partial charge on any atom is 0.402 e. The summed E-state index contributed by atoms with van der Waals surface area (Å²) in [6.07, 6.45) is -1.83. The Hall–Kier alpha value is -3.55. The van der Waals surface area contributed by atoms with E-state index in [9.17, 15) is 13.6 Å². The zero-order valence-electron chi connectivity index (χ0n) is 16.3. The number of aromatic nitrogens is 4. The van der Waals surface area contributed by atoms with Crippen LogP contribution in [-0.4, -0.2) is 32.1 Å². The summed E-state index contributed by atoms with van der Waals surface area (Å²) in [4.78, 5) is 20.1. The van der Waals surface area contributed by atoms with Crippen LogP contribution in [0.15, 0.2) is 36.5 Å². The van der Waals surface area contributed by atoms with Gasteiger partial charge in [-0.3, -0.25) is 9.89 Å². The summed E-state index contributed by atoms with van der Waals surface area (Å²) in [6, 6.07) is 8.81. The molecule has 0 aliphatic carbocycles. The molecule has 3 aromatic heterocycles. The van der Waals surface area contributed by atoms with Gasteiger partial charge in [0, 0.05) is 40.4 Å². The summed E-state index contributed by atoms with van der Waals surface area (Å²) in [7, 11) is 0. The molecular weight excluding hydrogens is 390 g/mol. The molecule has 4 heterocycles. The lowest BCUT2D eigenvalue weighted by atomic mass is 10.0. The number of benzene rings is 1. The average molecular weight is 408 g/mol. The summed E-state index contributed by atoms with van der Waals surface area (Å²) in [5, 5.41) is 7.70. The van der Waals surface area contributed by atoms with Crippen molar-refractivity contribution in [3.05, 3.63) is 64.6 Å². The van der Waals surface area contributed by atoms with Crippen molar-refractivity contribution in [2.75, 3.05) is 0 Å². The Kier molecular flexibility index (Phi) is 3.99. The topological polar surface area (TPSA) is 83.7 Å². The number of pyridine rings is 1. The number of rotatable bonds is 4. The first kappa shape index (κ1) is 18.5. The molecule has 0 radical (unpaired) electrons. The van der Waals surface area contributed by atoms with Crippen LogP contribution in [0.4, 0.5) is 8.78 Å². The van der Waals surface area contributed by atoms with Gasteiger partial charge in [-0.2, -0.15) is 13.9 Å². The standard InChI is InChI=1S/C22H18F2N4O2/c1-11-12(2)27-28-19(11)18(29)7-13-6-15-8-17(26-21(15)25-10-13)16-5-3-4-14-9-22(23,24)30-20(14)16/h3-6,8,10H,7,9H2,1-2H3,(H,25,26)(H,27,28). The predicted molar refractivity (Wildman–Crippen MR) is 107 cm³/mol. The Balaban J connectivity index is 1.47. The van der Waals surface area contributed by atoms with Crippen LogP contribution in [-0.2, 0) is 12.8 Å². The van der Waals surface area contributed by atoms with Gasteiger partial charge in [-0.05, 0) is 37.6 Å². The smallest absolute Gasteiger partial charge is 0.402 e. The van der Waals surface area contributed by atoms with Crippen LogP contribution in [0.5, 0.6) is 5.75 Å². The zero-order chi connectivity index (χ0) is 21.0. The molecule has 152 valence electrons. The van der Waals surface area contributed by atoms with Crippen LogP contribution in [0.25, 0.3) is 22.3 Å². The highest BCUT2D eigenvalue weighted by molar-refractivity contribution is 5.97. The van der Waals surface area contributed by atoms with Crippen molar-refractivity contribution in [1.82, 2.24) is 20.2 Å². The van der Waals surface area contributed by atoms with Gasteiger partial charge in [0.1, 0.15) is 17.1 Å². The monoisotopic (exact) mass is 408 g/mol. The normalized spacial score (nSPS) is 14.7. The SMILES string of the molecule is Cc1[nH]nc(C(=O)Cc2cnc3[nH]c(-c4cccc5c4OC(F)(F)C5)cc3c2)c1C. The number of ketones is 1.